The summed E-state index contributed by atoms with van der Waals surface area (Å²) in [6.07, 6.45) is 1.90. The van der Waals surface area contributed by atoms with Gasteiger partial charge in [-0.3, -0.25) is 0 Å². The Balaban J connectivity index is 4.06. The molecule has 0 saturated heterocycles. The lowest BCUT2D eigenvalue weighted by Crippen LogP contribution is -2.45. The molecule has 2 N–H and O–H groups in total. The minimum atomic E-state index is -0.342. The van der Waals surface area contributed by atoms with E-state index in [4.69, 9.17) is 21.4 Å². The molecule has 0 aromatic rings. The summed E-state index contributed by atoms with van der Waals surface area (Å²) in [7, 11) is 11.2. The van der Waals surface area contributed by atoms with Crippen LogP contribution in [0.5, 0.6) is 0 Å². The number of thiol groups is 1. The average Bonchev–Trinajstić information content (AvgIpc) is 1.99. The first-order valence-corrected chi connectivity index (χ1v) is 5.27. The summed E-state index contributed by atoms with van der Waals surface area (Å²) < 4.78 is 0. The van der Waals surface area contributed by atoms with Crippen molar-refractivity contribution in [2.75, 3.05) is 0 Å². The molecule has 0 amide bonds. The zero-order valence-electron chi connectivity index (χ0n) is 8.83. The van der Waals surface area contributed by atoms with E-state index in [0.717, 1.165) is 12.8 Å². The fourth-order valence-corrected chi connectivity index (χ4v) is 1.32. The minimum absolute atomic E-state index is 0.125. The molecule has 0 aromatic carbocycles. The maximum atomic E-state index is 6.12. The molecule has 72 valence electrons. The van der Waals surface area contributed by atoms with Crippen molar-refractivity contribution in [3.63, 3.8) is 0 Å². The summed E-state index contributed by atoms with van der Waals surface area (Å²) in [5, 5.41) is 0.379. The predicted molar refractivity (Wildman–Crippen MR) is 64.7 cm³/mol. The topological polar surface area (TPSA) is 26.0 Å². The van der Waals surface area contributed by atoms with Crippen LogP contribution in [-0.2, 0) is 0 Å². The van der Waals surface area contributed by atoms with Gasteiger partial charge in [0, 0.05) is 5.54 Å². The van der Waals surface area contributed by atoms with Gasteiger partial charge >= 0.3 is 0 Å². The van der Waals surface area contributed by atoms with Gasteiger partial charge in [-0.2, -0.15) is 12.6 Å². The second-order valence-corrected chi connectivity index (χ2v) is 5.14. The van der Waals surface area contributed by atoms with Crippen molar-refractivity contribution in [3.05, 3.63) is 0 Å². The highest BCUT2D eigenvalue weighted by Gasteiger charge is 2.27. The summed E-state index contributed by atoms with van der Waals surface area (Å²) in [5.41, 5.74) is 5.49. The van der Waals surface area contributed by atoms with Gasteiger partial charge in [0.1, 0.15) is 0 Å². The zero-order chi connectivity index (χ0) is 10.6. The molecule has 0 rings (SSSR count). The Morgan fingerprint density at radius 2 is 1.85 bits per heavy atom. The quantitative estimate of drug-likeness (QED) is 0.504. The first-order chi connectivity index (χ1) is 5.77. The number of hydrogen-bond donors (Lipinski definition) is 2. The van der Waals surface area contributed by atoms with Crippen LogP contribution in [-0.4, -0.2) is 26.5 Å². The molecule has 0 aliphatic carbocycles. The van der Waals surface area contributed by atoms with Gasteiger partial charge in [-0.05, 0) is 30.9 Å². The van der Waals surface area contributed by atoms with E-state index in [0.29, 0.717) is 5.25 Å². The van der Waals surface area contributed by atoms with E-state index in [2.05, 4.69) is 19.6 Å². The molecule has 0 heterocycles. The lowest BCUT2D eigenvalue weighted by atomic mass is 9.58. The summed E-state index contributed by atoms with van der Waals surface area (Å²) in [6, 6.07) is 0. The van der Waals surface area contributed by atoms with E-state index < -0.39 is 0 Å². The highest BCUT2D eigenvalue weighted by Crippen LogP contribution is 2.27. The molecule has 0 fully saturated rings. The highest BCUT2D eigenvalue weighted by atomic mass is 32.1. The second kappa shape index (κ2) is 5.35. The van der Waals surface area contributed by atoms with Crippen molar-refractivity contribution in [2.24, 2.45) is 11.7 Å². The van der Waals surface area contributed by atoms with Crippen molar-refractivity contribution in [3.8, 4) is 0 Å². The maximum absolute atomic E-state index is 6.12. The molecule has 4 heteroatoms. The molecule has 0 bridgehead atoms. The van der Waals surface area contributed by atoms with Crippen LogP contribution in [0.25, 0.3) is 0 Å². The van der Waals surface area contributed by atoms with Crippen LogP contribution in [0, 0.1) is 5.92 Å². The van der Waals surface area contributed by atoms with Gasteiger partial charge in [0.25, 0.3) is 0 Å². The number of rotatable bonds is 5. The molecular formula is C9H19B2NS. The smallest absolute Gasteiger partial charge is 0.0580 e. The van der Waals surface area contributed by atoms with E-state index in [1.54, 1.807) is 0 Å². The molecule has 13 heavy (non-hydrogen) atoms. The summed E-state index contributed by atoms with van der Waals surface area (Å²) in [6.45, 7) is 6.06. The first-order valence-electron chi connectivity index (χ1n) is 4.75. The fraction of sp³-hybridized carbons (Fsp3) is 1.00. The summed E-state index contributed by atoms with van der Waals surface area (Å²) in [4.78, 5) is 0. The van der Waals surface area contributed by atoms with Gasteiger partial charge < -0.3 is 5.73 Å². The van der Waals surface area contributed by atoms with Gasteiger partial charge in [0.05, 0.1) is 15.7 Å². The number of nitrogens with two attached hydrogens (primary N) is 1. The van der Waals surface area contributed by atoms with Crippen molar-refractivity contribution < 1.29 is 0 Å². The van der Waals surface area contributed by atoms with Gasteiger partial charge in [-0.15, -0.1) is 5.72 Å². The van der Waals surface area contributed by atoms with Crippen molar-refractivity contribution in [1.82, 2.24) is 0 Å². The molecule has 3 atom stereocenters. The molecule has 0 aromatic heterocycles. The normalized spacial score (nSPS) is 21.1. The standard InChI is InChI=1S/C9H19B2NS/c1-6(13)4-5-9(3,12)7(2)8(10)11/h6-8,13H,4-5,12H2,1-3H3/t6-,7?,9?/m1/s1. The van der Waals surface area contributed by atoms with Crippen LogP contribution in [0.3, 0.4) is 0 Å². The lowest BCUT2D eigenvalue weighted by molar-refractivity contribution is 0.301. The second-order valence-electron chi connectivity index (χ2n) is 4.26. The van der Waals surface area contributed by atoms with Crippen molar-refractivity contribution in [2.45, 2.75) is 50.1 Å². The Bertz CT molecular complexity index is 149. The molecule has 1 nitrogen and oxygen atoms in total. The van der Waals surface area contributed by atoms with Crippen molar-refractivity contribution >= 4 is 28.3 Å². The Morgan fingerprint density at radius 1 is 1.38 bits per heavy atom. The Hall–Kier alpha value is 0.440. The van der Waals surface area contributed by atoms with Crippen LogP contribution in [0.4, 0.5) is 0 Å². The van der Waals surface area contributed by atoms with Crippen molar-refractivity contribution in [1.29, 1.82) is 0 Å². The van der Waals surface area contributed by atoms with E-state index in [1.165, 1.54) is 0 Å². The van der Waals surface area contributed by atoms with E-state index in [9.17, 15) is 0 Å². The third-order valence-corrected chi connectivity index (χ3v) is 2.98. The SMILES string of the molecule is [B]C([B])C(C)C(C)(N)CC[C@@H](C)S. The third kappa shape index (κ3) is 5.02. The van der Waals surface area contributed by atoms with Crippen LogP contribution >= 0.6 is 12.6 Å². The predicted octanol–water partition coefficient (Wildman–Crippen LogP) is 1.52. The molecule has 0 aliphatic heterocycles. The van der Waals surface area contributed by atoms with Gasteiger partial charge in [-0.1, -0.05) is 13.8 Å². The van der Waals surface area contributed by atoms with Gasteiger partial charge in [0.2, 0.25) is 0 Å². The monoisotopic (exact) mass is 195 g/mol. The lowest BCUT2D eigenvalue weighted by Gasteiger charge is -2.35. The Labute approximate surface area is 90.5 Å². The Morgan fingerprint density at radius 3 is 2.15 bits per heavy atom. The highest BCUT2D eigenvalue weighted by molar-refractivity contribution is 7.80. The van der Waals surface area contributed by atoms with Crippen LogP contribution in [0.2, 0.25) is 5.72 Å². The molecule has 4 radical (unpaired) electrons. The van der Waals surface area contributed by atoms with Crippen LogP contribution < -0.4 is 5.73 Å². The molecule has 0 saturated carbocycles. The zero-order valence-corrected chi connectivity index (χ0v) is 9.72. The van der Waals surface area contributed by atoms with Gasteiger partial charge in [0.15, 0.2) is 0 Å². The summed E-state index contributed by atoms with van der Waals surface area (Å²) >= 11 is 4.31. The number of hydrogen-bond acceptors (Lipinski definition) is 2. The van der Waals surface area contributed by atoms with E-state index in [-0.39, 0.29) is 17.2 Å². The maximum Gasteiger partial charge on any atom is 0.0580 e. The molecule has 2 unspecified atom stereocenters. The van der Waals surface area contributed by atoms with E-state index >= 15 is 0 Å². The summed E-state index contributed by atoms with van der Waals surface area (Å²) in [5.74, 6) is 0.125. The van der Waals surface area contributed by atoms with Gasteiger partial charge in [-0.25, -0.2) is 0 Å². The van der Waals surface area contributed by atoms with E-state index in [1.807, 2.05) is 13.8 Å². The third-order valence-electron chi connectivity index (χ3n) is 2.72. The van der Waals surface area contributed by atoms with Crippen LogP contribution in [0.15, 0.2) is 0 Å². The Kier molecular flexibility index (Phi) is 5.53. The average molecular weight is 195 g/mol. The minimum Gasteiger partial charge on any atom is -0.325 e. The fourth-order valence-electron chi connectivity index (χ4n) is 1.19. The molecular weight excluding hydrogens is 176 g/mol. The molecule has 0 spiro atoms. The molecule has 0 aliphatic rings. The van der Waals surface area contributed by atoms with Crippen LogP contribution in [0.1, 0.15) is 33.6 Å². The first kappa shape index (κ1) is 13.4. The largest absolute Gasteiger partial charge is 0.325 e.